The lowest BCUT2D eigenvalue weighted by atomic mass is 9.89. The predicted molar refractivity (Wildman–Crippen MR) is 134 cm³/mol. The standard InChI is InChI=1S/C28H32FN3O3/c1-4-31(5-2)28(35)26(33)24-17-30-25-14-18(3)22(16-23(24)25)27(34)32-12-10-20(11-13-32)15-19-6-8-21(29)9-7-19/h6-9,14,16-17,20,30H,4-5,10-13,15H2,1-3H3. The molecule has 0 spiro atoms. The number of aromatic amines is 1. The van der Waals surface area contributed by atoms with Gasteiger partial charge in [-0.3, -0.25) is 14.4 Å². The first-order valence-corrected chi connectivity index (χ1v) is 12.3. The Hall–Kier alpha value is -3.48. The highest BCUT2D eigenvalue weighted by molar-refractivity contribution is 6.44. The molecule has 2 aromatic carbocycles. The van der Waals surface area contributed by atoms with Crippen molar-refractivity contribution in [3.05, 3.63) is 70.7 Å². The molecule has 1 fully saturated rings. The number of hydrogen-bond donors (Lipinski definition) is 1. The van der Waals surface area contributed by atoms with E-state index in [4.69, 9.17) is 0 Å². The number of rotatable bonds is 7. The van der Waals surface area contributed by atoms with Crippen LogP contribution < -0.4 is 0 Å². The second-order valence-electron chi connectivity index (χ2n) is 9.29. The van der Waals surface area contributed by atoms with Crippen molar-refractivity contribution in [3.8, 4) is 0 Å². The van der Waals surface area contributed by atoms with E-state index in [1.165, 1.54) is 17.0 Å². The number of H-pyrrole nitrogens is 1. The molecule has 0 bridgehead atoms. The smallest absolute Gasteiger partial charge is 0.295 e. The number of carbonyl (C=O) groups is 3. The van der Waals surface area contributed by atoms with Gasteiger partial charge in [0.2, 0.25) is 0 Å². The van der Waals surface area contributed by atoms with Crippen LogP contribution in [0, 0.1) is 18.7 Å². The summed E-state index contributed by atoms with van der Waals surface area (Å²) in [5, 5.41) is 0.593. The zero-order valence-electron chi connectivity index (χ0n) is 20.6. The monoisotopic (exact) mass is 477 g/mol. The summed E-state index contributed by atoms with van der Waals surface area (Å²) in [6.45, 7) is 7.80. The van der Waals surface area contributed by atoms with Crippen LogP contribution >= 0.6 is 0 Å². The number of nitrogens with one attached hydrogen (secondary N) is 1. The Morgan fingerprint density at radius 1 is 1.03 bits per heavy atom. The summed E-state index contributed by atoms with van der Waals surface area (Å²) in [5.74, 6) is -0.935. The number of carbonyl (C=O) groups excluding carboxylic acids is 3. The van der Waals surface area contributed by atoms with Crippen molar-refractivity contribution in [2.75, 3.05) is 26.2 Å². The molecule has 1 aliphatic heterocycles. The third kappa shape index (κ3) is 5.14. The number of amides is 2. The van der Waals surface area contributed by atoms with E-state index in [9.17, 15) is 18.8 Å². The van der Waals surface area contributed by atoms with Gasteiger partial charge in [-0.25, -0.2) is 4.39 Å². The van der Waals surface area contributed by atoms with Crippen LogP contribution in [0.5, 0.6) is 0 Å². The Labute approximate surface area is 205 Å². The highest BCUT2D eigenvalue weighted by atomic mass is 19.1. The minimum Gasteiger partial charge on any atom is -0.360 e. The molecule has 1 N–H and O–H groups in total. The van der Waals surface area contributed by atoms with Crippen molar-refractivity contribution in [2.24, 2.45) is 5.92 Å². The number of hydrogen-bond acceptors (Lipinski definition) is 3. The number of aromatic nitrogens is 1. The number of aryl methyl sites for hydroxylation is 1. The van der Waals surface area contributed by atoms with Gasteiger partial charge in [0.1, 0.15) is 5.82 Å². The van der Waals surface area contributed by atoms with E-state index >= 15 is 0 Å². The lowest BCUT2D eigenvalue weighted by Gasteiger charge is -2.32. The molecule has 2 heterocycles. The summed E-state index contributed by atoms with van der Waals surface area (Å²) < 4.78 is 13.2. The van der Waals surface area contributed by atoms with E-state index in [1.807, 2.05) is 43.9 Å². The molecule has 1 saturated heterocycles. The largest absolute Gasteiger partial charge is 0.360 e. The Morgan fingerprint density at radius 2 is 1.69 bits per heavy atom. The van der Waals surface area contributed by atoms with Gasteiger partial charge in [-0.1, -0.05) is 12.1 Å². The van der Waals surface area contributed by atoms with Gasteiger partial charge in [-0.15, -0.1) is 0 Å². The van der Waals surface area contributed by atoms with Gasteiger partial charge in [0, 0.05) is 48.8 Å². The molecule has 35 heavy (non-hydrogen) atoms. The normalized spacial score (nSPS) is 14.3. The number of piperidine rings is 1. The molecule has 0 unspecified atom stereocenters. The van der Waals surface area contributed by atoms with Crippen molar-refractivity contribution in [1.29, 1.82) is 0 Å². The Kier molecular flexibility index (Phi) is 7.34. The molecule has 6 nitrogen and oxygen atoms in total. The molecular weight excluding hydrogens is 445 g/mol. The summed E-state index contributed by atoms with van der Waals surface area (Å²) in [5.41, 5.74) is 3.52. The second kappa shape index (κ2) is 10.4. The number of likely N-dealkylation sites (tertiary alicyclic amines) is 1. The van der Waals surface area contributed by atoms with Gasteiger partial charge in [0.15, 0.2) is 0 Å². The molecule has 0 saturated carbocycles. The van der Waals surface area contributed by atoms with Gasteiger partial charge in [-0.2, -0.15) is 0 Å². The molecule has 3 aromatic rings. The first-order chi connectivity index (χ1) is 16.8. The summed E-state index contributed by atoms with van der Waals surface area (Å²) >= 11 is 0. The van der Waals surface area contributed by atoms with E-state index in [0.717, 1.165) is 35.9 Å². The maximum atomic E-state index is 13.4. The summed E-state index contributed by atoms with van der Waals surface area (Å²) in [7, 11) is 0. The minimum absolute atomic E-state index is 0.0562. The second-order valence-corrected chi connectivity index (χ2v) is 9.29. The van der Waals surface area contributed by atoms with E-state index in [2.05, 4.69) is 4.98 Å². The van der Waals surface area contributed by atoms with Gasteiger partial charge in [-0.05, 0) is 81.3 Å². The molecule has 1 aromatic heterocycles. The predicted octanol–water partition coefficient (Wildman–Crippen LogP) is 4.76. The van der Waals surface area contributed by atoms with E-state index in [1.54, 1.807) is 12.3 Å². The van der Waals surface area contributed by atoms with Gasteiger partial charge in [0.25, 0.3) is 17.6 Å². The molecular formula is C28H32FN3O3. The van der Waals surface area contributed by atoms with Crippen LogP contribution in [0.2, 0.25) is 0 Å². The molecule has 0 radical (unpaired) electrons. The molecule has 0 aliphatic carbocycles. The number of halogens is 1. The third-order valence-corrected chi connectivity index (χ3v) is 7.09. The van der Waals surface area contributed by atoms with Crippen molar-refractivity contribution >= 4 is 28.5 Å². The fourth-order valence-corrected chi connectivity index (χ4v) is 4.93. The maximum Gasteiger partial charge on any atom is 0.295 e. The number of Topliss-reactive ketones (excluding diaryl/α,β-unsaturated/α-hetero) is 1. The topological polar surface area (TPSA) is 73.5 Å². The van der Waals surface area contributed by atoms with E-state index < -0.39 is 11.7 Å². The summed E-state index contributed by atoms with van der Waals surface area (Å²) in [6, 6.07) is 10.2. The quantitative estimate of drug-likeness (QED) is 0.394. The number of benzene rings is 2. The van der Waals surface area contributed by atoms with Crippen LogP contribution in [0.3, 0.4) is 0 Å². The fourth-order valence-electron chi connectivity index (χ4n) is 4.93. The van der Waals surface area contributed by atoms with Crippen LogP contribution in [0.15, 0.2) is 42.6 Å². The van der Waals surface area contributed by atoms with Gasteiger partial charge < -0.3 is 14.8 Å². The number of likely N-dealkylation sites (N-methyl/N-ethyl adjacent to an activating group) is 1. The first kappa shape index (κ1) is 24.6. The number of nitrogens with zero attached hydrogens (tertiary/aromatic N) is 2. The van der Waals surface area contributed by atoms with Crippen molar-refractivity contribution in [2.45, 2.75) is 40.0 Å². The SMILES string of the molecule is CCN(CC)C(=O)C(=O)c1c[nH]c2cc(C)c(C(=O)N3CCC(Cc4ccc(F)cc4)CC3)cc12. The molecule has 7 heteroatoms. The zero-order chi connectivity index (χ0) is 25.1. The van der Waals surface area contributed by atoms with Gasteiger partial charge >= 0.3 is 0 Å². The minimum atomic E-state index is -0.566. The lowest BCUT2D eigenvalue weighted by Crippen LogP contribution is -2.39. The molecule has 4 rings (SSSR count). The van der Waals surface area contributed by atoms with Crippen LogP contribution in [0.1, 0.15) is 58.5 Å². The molecule has 2 amide bonds. The molecule has 1 aliphatic rings. The highest BCUT2D eigenvalue weighted by Gasteiger charge is 2.27. The van der Waals surface area contributed by atoms with Crippen LogP contribution in [0.4, 0.5) is 4.39 Å². The van der Waals surface area contributed by atoms with Crippen molar-refractivity contribution in [1.82, 2.24) is 14.8 Å². The van der Waals surface area contributed by atoms with E-state index in [0.29, 0.717) is 48.6 Å². The average Bonchev–Trinajstić information content (AvgIpc) is 3.27. The first-order valence-electron chi connectivity index (χ1n) is 12.3. The van der Waals surface area contributed by atoms with Crippen LogP contribution in [-0.4, -0.2) is 58.6 Å². The molecule has 0 atom stereocenters. The Balaban J connectivity index is 1.49. The number of fused-ring (bicyclic) bond motifs is 1. The summed E-state index contributed by atoms with van der Waals surface area (Å²) in [4.78, 5) is 45.4. The third-order valence-electron chi connectivity index (χ3n) is 7.09. The van der Waals surface area contributed by atoms with Crippen LogP contribution in [0.25, 0.3) is 10.9 Å². The van der Waals surface area contributed by atoms with Crippen molar-refractivity contribution in [3.63, 3.8) is 0 Å². The number of ketones is 1. The Bertz CT molecular complexity index is 1240. The Morgan fingerprint density at radius 3 is 2.31 bits per heavy atom. The lowest BCUT2D eigenvalue weighted by molar-refractivity contribution is -0.126. The van der Waals surface area contributed by atoms with E-state index in [-0.39, 0.29) is 11.7 Å². The zero-order valence-corrected chi connectivity index (χ0v) is 20.6. The average molecular weight is 478 g/mol. The maximum absolute atomic E-state index is 13.4. The molecule has 184 valence electrons. The summed E-state index contributed by atoms with van der Waals surface area (Å²) in [6.07, 6.45) is 4.21. The van der Waals surface area contributed by atoms with Crippen molar-refractivity contribution < 1.29 is 18.8 Å². The fraction of sp³-hybridized carbons (Fsp3) is 0.393. The van der Waals surface area contributed by atoms with Gasteiger partial charge in [0.05, 0.1) is 5.56 Å². The highest BCUT2D eigenvalue weighted by Crippen LogP contribution is 2.27. The van der Waals surface area contributed by atoms with Crippen LogP contribution in [-0.2, 0) is 11.2 Å².